The van der Waals surface area contributed by atoms with Gasteiger partial charge in [-0.1, -0.05) is 31.9 Å². The molecule has 158 valence electrons. The molecule has 1 aliphatic rings. The summed E-state index contributed by atoms with van der Waals surface area (Å²) in [6.07, 6.45) is 8.41. The van der Waals surface area contributed by atoms with Crippen molar-refractivity contribution >= 4 is 24.8 Å². The molecular formula is C21H38Cl2N2O2. The smallest absolute Gasteiger partial charge is 0.124 e. The molecule has 0 heterocycles. The van der Waals surface area contributed by atoms with Crippen LogP contribution < -0.4 is 10.5 Å². The minimum atomic E-state index is 0. The predicted molar refractivity (Wildman–Crippen MR) is 119 cm³/mol. The number of benzene rings is 1. The van der Waals surface area contributed by atoms with Crippen LogP contribution in [-0.4, -0.2) is 44.8 Å². The highest BCUT2D eigenvalue weighted by molar-refractivity contribution is 5.85. The van der Waals surface area contributed by atoms with Crippen molar-refractivity contribution in [3.05, 3.63) is 29.3 Å². The van der Waals surface area contributed by atoms with Gasteiger partial charge in [0.25, 0.3) is 0 Å². The van der Waals surface area contributed by atoms with Crippen molar-refractivity contribution in [3.63, 3.8) is 0 Å². The second-order valence-corrected chi connectivity index (χ2v) is 7.09. The van der Waals surface area contributed by atoms with E-state index < -0.39 is 0 Å². The summed E-state index contributed by atoms with van der Waals surface area (Å²) in [7, 11) is 3.57. The zero-order valence-corrected chi connectivity index (χ0v) is 18.7. The van der Waals surface area contributed by atoms with Crippen LogP contribution in [0.25, 0.3) is 0 Å². The summed E-state index contributed by atoms with van der Waals surface area (Å²) in [6, 6.07) is 6.94. The lowest BCUT2D eigenvalue weighted by Gasteiger charge is -2.38. The fourth-order valence-corrected chi connectivity index (χ4v) is 4.08. The first-order valence-electron chi connectivity index (χ1n) is 9.87. The number of fused-ring (bicyclic) bond motifs is 1. The highest BCUT2D eigenvalue weighted by Crippen LogP contribution is 2.39. The number of rotatable bonds is 11. The maximum absolute atomic E-state index is 5.86. The molecule has 0 radical (unpaired) electrons. The molecular weight excluding hydrogens is 383 g/mol. The third kappa shape index (κ3) is 7.43. The van der Waals surface area contributed by atoms with Gasteiger partial charge in [-0.05, 0) is 63.4 Å². The van der Waals surface area contributed by atoms with Crippen LogP contribution in [0.4, 0.5) is 0 Å². The summed E-state index contributed by atoms with van der Waals surface area (Å²) < 4.78 is 11.4. The van der Waals surface area contributed by atoms with Crippen LogP contribution in [0.15, 0.2) is 18.2 Å². The van der Waals surface area contributed by atoms with Gasteiger partial charge < -0.3 is 15.2 Å². The first kappa shape index (κ1) is 26.5. The van der Waals surface area contributed by atoms with E-state index in [1.54, 1.807) is 7.11 Å². The normalized spacial score (nSPS) is 18.4. The van der Waals surface area contributed by atoms with Crippen LogP contribution in [0.3, 0.4) is 0 Å². The van der Waals surface area contributed by atoms with Gasteiger partial charge in [-0.15, -0.1) is 24.8 Å². The minimum Gasteiger partial charge on any atom is -0.496 e. The summed E-state index contributed by atoms with van der Waals surface area (Å²) in [5, 5.41) is 0. The third-order valence-corrected chi connectivity index (χ3v) is 5.35. The van der Waals surface area contributed by atoms with Gasteiger partial charge in [0.15, 0.2) is 0 Å². The maximum Gasteiger partial charge on any atom is 0.124 e. The zero-order valence-electron chi connectivity index (χ0n) is 17.1. The number of ether oxygens (including phenoxy) is 2. The third-order valence-electron chi connectivity index (χ3n) is 5.35. The first-order chi connectivity index (χ1) is 12.2. The molecule has 2 rings (SSSR count). The van der Waals surface area contributed by atoms with Crippen molar-refractivity contribution in [3.8, 4) is 5.75 Å². The Labute approximate surface area is 178 Å². The molecule has 0 saturated carbocycles. The molecule has 0 amide bonds. The number of hydrogen-bond donors (Lipinski definition) is 1. The minimum absolute atomic E-state index is 0. The number of nitrogens with zero attached hydrogens (tertiary/aromatic N) is 1. The van der Waals surface area contributed by atoms with Gasteiger partial charge in [0.1, 0.15) is 5.75 Å². The summed E-state index contributed by atoms with van der Waals surface area (Å²) >= 11 is 0. The van der Waals surface area contributed by atoms with E-state index >= 15 is 0 Å². The van der Waals surface area contributed by atoms with E-state index in [2.05, 4.69) is 24.0 Å². The highest BCUT2D eigenvalue weighted by atomic mass is 35.5. The number of methoxy groups -OCH3 is 2. The fourth-order valence-electron chi connectivity index (χ4n) is 4.08. The monoisotopic (exact) mass is 420 g/mol. The van der Waals surface area contributed by atoms with E-state index in [-0.39, 0.29) is 30.9 Å². The number of unbranched alkanes of at least 4 members (excludes halogenated alkanes) is 3. The Kier molecular flexibility index (Phi) is 14.2. The maximum atomic E-state index is 5.86. The lowest BCUT2D eigenvalue weighted by Crippen LogP contribution is -2.41. The van der Waals surface area contributed by atoms with Gasteiger partial charge in [0, 0.05) is 18.7 Å². The molecule has 27 heavy (non-hydrogen) atoms. The average Bonchev–Trinajstić information content (AvgIpc) is 2.65. The van der Waals surface area contributed by atoms with Crippen LogP contribution in [0.5, 0.6) is 5.75 Å². The van der Waals surface area contributed by atoms with Crippen LogP contribution in [-0.2, 0) is 11.2 Å². The van der Waals surface area contributed by atoms with Gasteiger partial charge in [0.05, 0.1) is 13.2 Å². The Morgan fingerprint density at radius 3 is 2.44 bits per heavy atom. The van der Waals surface area contributed by atoms with Crippen molar-refractivity contribution in [1.29, 1.82) is 0 Å². The fraction of sp³-hybridized carbons (Fsp3) is 0.714. The van der Waals surface area contributed by atoms with Crippen LogP contribution in [0, 0.1) is 0 Å². The van der Waals surface area contributed by atoms with E-state index in [1.807, 2.05) is 13.2 Å². The molecule has 1 aromatic carbocycles. The average molecular weight is 421 g/mol. The SMILES string of the molecule is CCCN(CCCCCCN)[C@H]1Cc2cccc(OC)c2[C@@H](OC)C1.Cl.Cl. The molecule has 2 atom stereocenters. The van der Waals surface area contributed by atoms with E-state index in [4.69, 9.17) is 15.2 Å². The molecule has 0 unspecified atom stereocenters. The molecule has 0 aromatic heterocycles. The van der Waals surface area contributed by atoms with Gasteiger partial charge in [-0.25, -0.2) is 0 Å². The summed E-state index contributed by atoms with van der Waals surface area (Å²) in [5.74, 6) is 0.964. The molecule has 0 aliphatic heterocycles. The second kappa shape index (κ2) is 14.5. The number of nitrogens with two attached hydrogens (primary N) is 1. The molecule has 0 saturated heterocycles. The predicted octanol–water partition coefficient (Wildman–Crippen LogP) is 4.77. The molecule has 1 aromatic rings. The quantitative estimate of drug-likeness (QED) is 0.523. The molecule has 0 bridgehead atoms. The van der Waals surface area contributed by atoms with E-state index in [0.29, 0.717) is 6.04 Å². The number of hydrogen-bond acceptors (Lipinski definition) is 4. The summed E-state index contributed by atoms with van der Waals surface area (Å²) in [5.41, 5.74) is 8.23. The Bertz CT molecular complexity index is 517. The van der Waals surface area contributed by atoms with Gasteiger partial charge >= 0.3 is 0 Å². The Hall–Kier alpha value is -0.520. The second-order valence-electron chi connectivity index (χ2n) is 7.09. The van der Waals surface area contributed by atoms with Crippen molar-refractivity contribution in [2.75, 3.05) is 33.9 Å². The lowest BCUT2D eigenvalue weighted by molar-refractivity contribution is 0.0468. The van der Waals surface area contributed by atoms with E-state index in [9.17, 15) is 0 Å². The molecule has 2 N–H and O–H groups in total. The molecule has 0 fully saturated rings. The topological polar surface area (TPSA) is 47.7 Å². The number of halogens is 2. The van der Waals surface area contributed by atoms with Gasteiger partial charge in [-0.3, -0.25) is 4.90 Å². The van der Waals surface area contributed by atoms with Crippen LogP contribution >= 0.6 is 24.8 Å². The van der Waals surface area contributed by atoms with E-state index in [0.717, 1.165) is 38.1 Å². The molecule has 0 spiro atoms. The Morgan fingerprint density at radius 2 is 1.81 bits per heavy atom. The van der Waals surface area contributed by atoms with Crippen molar-refractivity contribution < 1.29 is 9.47 Å². The van der Waals surface area contributed by atoms with Gasteiger partial charge in [0.2, 0.25) is 0 Å². The molecule has 1 aliphatic carbocycles. The zero-order chi connectivity index (χ0) is 18.1. The first-order valence-corrected chi connectivity index (χ1v) is 9.87. The molecule has 4 nitrogen and oxygen atoms in total. The lowest BCUT2D eigenvalue weighted by atomic mass is 9.84. The summed E-state index contributed by atoms with van der Waals surface area (Å²) in [4.78, 5) is 2.68. The van der Waals surface area contributed by atoms with Crippen molar-refractivity contribution in [1.82, 2.24) is 4.90 Å². The largest absolute Gasteiger partial charge is 0.496 e. The van der Waals surface area contributed by atoms with Crippen molar-refractivity contribution in [2.24, 2.45) is 5.73 Å². The van der Waals surface area contributed by atoms with Gasteiger partial charge in [-0.2, -0.15) is 0 Å². The van der Waals surface area contributed by atoms with E-state index in [1.165, 1.54) is 43.4 Å². The Balaban J connectivity index is 0.00000338. The highest BCUT2D eigenvalue weighted by Gasteiger charge is 2.32. The van der Waals surface area contributed by atoms with Crippen LogP contribution in [0.1, 0.15) is 62.7 Å². The molecule has 6 heteroatoms. The standard InChI is InChI=1S/C21H36N2O2.2ClH/c1-4-13-23(14-8-6-5-7-12-22)18-15-17-10-9-11-19(24-2)21(17)20(16-18)25-3;;/h9-11,18,20H,4-8,12-16,22H2,1-3H3;2*1H/t18-,20-;;/m0../s1. The summed E-state index contributed by atoms with van der Waals surface area (Å²) in [6.45, 7) is 5.43. The van der Waals surface area contributed by atoms with Crippen molar-refractivity contribution in [2.45, 2.75) is 64.0 Å². The van der Waals surface area contributed by atoms with Crippen LogP contribution in [0.2, 0.25) is 0 Å². The Morgan fingerprint density at radius 1 is 1.07 bits per heavy atom.